The summed E-state index contributed by atoms with van der Waals surface area (Å²) >= 11 is 0. The summed E-state index contributed by atoms with van der Waals surface area (Å²) in [7, 11) is 0. The minimum atomic E-state index is -0.133. The van der Waals surface area contributed by atoms with E-state index in [4.69, 9.17) is 0 Å². The van der Waals surface area contributed by atoms with Gasteiger partial charge in [-0.3, -0.25) is 4.79 Å². The molecule has 0 aliphatic carbocycles. The molecule has 0 radical (unpaired) electrons. The summed E-state index contributed by atoms with van der Waals surface area (Å²) in [4.78, 5) is 16.1. The third-order valence-electron chi connectivity index (χ3n) is 4.17. The van der Waals surface area contributed by atoms with Crippen molar-refractivity contribution in [2.24, 2.45) is 0 Å². The molecule has 3 aromatic rings. The first-order chi connectivity index (χ1) is 14.1. The smallest absolute Gasteiger partial charge is 0.244 e. The monoisotopic (exact) mass is 388 g/mol. The molecule has 0 aliphatic heterocycles. The van der Waals surface area contributed by atoms with Crippen molar-refractivity contribution in [3.05, 3.63) is 77.5 Å². The van der Waals surface area contributed by atoms with Crippen molar-refractivity contribution in [2.75, 3.05) is 23.7 Å². The third-order valence-corrected chi connectivity index (χ3v) is 4.17. The van der Waals surface area contributed by atoms with Gasteiger partial charge in [0.15, 0.2) is 5.82 Å². The van der Waals surface area contributed by atoms with Gasteiger partial charge < -0.3 is 16.0 Å². The van der Waals surface area contributed by atoms with Crippen LogP contribution < -0.4 is 16.0 Å². The van der Waals surface area contributed by atoms with E-state index in [0.717, 1.165) is 22.5 Å². The Morgan fingerprint density at radius 1 is 0.966 bits per heavy atom. The Morgan fingerprint density at radius 2 is 1.76 bits per heavy atom. The minimum absolute atomic E-state index is 0.133. The number of hydrogen-bond donors (Lipinski definition) is 3. The predicted octanol–water partition coefficient (Wildman–Crippen LogP) is 3.47. The van der Waals surface area contributed by atoms with Gasteiger partial charge in [-0.05, 0) is 60.9 Å². The van der Waals surface area contributed by atoms with Gasteiger partial charge >= 0.3 is 0 Å². The van der Waals surface area contributed by atoms with Crippen LogP contribution in [0.25, 0.3) is 6.08 Å². The zero-order chi connectivity index (χ0) is 20.5. The van der Waals surface area contributed by atoms with Crippen molar-refractivity contribution in [1.82, 2.24) is 20.5 Å². The van der Waals surface area contributed by atoms with E-state index in [1.807, 2.05) is 68.5 Å². The minimum Gasteiger partial charge on any atom is -0.367 e. The fourth-order valence-corrected chi connectivity index (χ4v) is 2.60. The number of carbonyl (C=O) groups excluding carboxylic acids is 1. The number of hydrogen-bond acceptors (Lipinski definition) is 6. The Labute approximate surface area is 170 Å². The molecule has 1 aromatic carbocycles. The van der Waals surface area contributed by atoms with Gasteiger partial charge in [-0.1, -0.05) is 24.3 Å². The van der Waals surface area contributed by atoms with Crippen LogP contribution in [-0.2, 0) is 4.79 Å². The van der Waals surface area contributed by atoms with Crippen molar-refractivity contribution in [3.8, 4) is 0 Å². The van der Waals surface area contributed by atoms with Gasteiger partial charge in [0.1, 0.15) is 11.6 Å². The van der Waals surface area contributed by atoms with E-state index < -0.39 is 0 Å². The van der Waals surface area contributed by atoms with Crippen LogP contribution in [0.5, 0.6) is 0 Å². The van der Waals surface area contributed by atoms with E-state index in [2.05, 4.69) is 31.1 Å². The fraction of sp³-hybridized carbons (Fsp3) is 0.182. The van der Waals surface area contributed by atoms with Gasteiger partial charge in [-0.25, -0.2) is 4.98 Å². The van der Waals surface area contributed by atoms with E-state index >= 15 is 0 Å². The quantitative estimate of drug-likeness (QED) is 0.404. The SMILES string of the molecule is Cc1ccnc(Nc2ccc(NCCNC(=O)/C=C/c3ccccc3C)nn2)c1. The molecule has 7 heteroatoms. The van der Waals surface area contributed by atoms with Crippen molar-refractivity contribution >= 4 is 29.4 Å². The van der Waals surface area contributed by atoms with Crippen LogP contribution >= 0.6 is 0 Å². The van der Waals surface area contributed by atoms with Crippen LogP contribution in [0.3, 0.4) is 0 Å². The maximum absolute atomic E-state index is 11.9. The van der Waals surface area contributed by atoms with Gasteiger partial charge in [0.2, 0.25) is 5.91 Å². The highest BCUT2D eigenvalue weighted by Crippen LogP contribution is 2.13. The first kappa shape index (κ1) is 20.0. The van der Waals surface area contributed by atoms with Crippen LogP contribution in [0.15, 0.2) is 60.8 Å². The molecule has 2 heterocycles. The molecule has 29 heavy (non-hydrogen) atoms. The third kappa shape index (κ3) is 6.42. The molecule has 3 rings (SSSR count). The first-order valence-electron chi connectivity index (χ1n) is 9.39. The molecule has 0 spiro atoms. The number of nitrogens with one attached hydrogen (secondary N) is 3. The summed E-state index contributed by atoms with van der Waals surface area (Å²) in [5, 5.41) is 17.3. The Balaban J connectivity index is 1.40. The molecular formula is C22H24N6O. The Morgan fingerprint density at radius 3 is 2.52 bits per heavy atom. The topological polar surface area (TPSA) is 91.8 Å². The summed E-state index contributed by atoms with van der Waals surface area (Å²) < 4.78 is 0. The fourth-order valence-electron chi connectivity index (χ4n) is 2.60. The number of anilines is 3. The normalized spacial score (nSPS) is 10.7. The van der Waals surface area contributed by atoms with Crippen LogP contribution in [0, 0.1) is 13.8 Å². The van der Waals surface area contributed by atoms with Crippen LogP contribution in [0.1, 0.15) is 16.7 Å². The molecule has 0 saturated carbocycles. The van der Waals surface area contributed by atoms with Crippen LogP contribution in [0.2, 0.25) is 0 Å². The molecule has 0 atom stereocenters. The Bertz CT molecular complexity index is 985. The molecule has 1 amide bonds. The van der Waals surface area contributed by atoms with E-state index in [1.165, 1.54) is 0 Å². The summed E-state index contributed by atoms with van der Waals surface area (Å²) in [6.45, 7) is 5.04. The number of amides is 1. The highest BCUT2D eigenvalue weighted by atomic mass is 16.1. The molecule has 0 aliphatic rings. The molecule has 0 bridgehead atoms. The number of carbonyl (C=O) groups is 1. The standard InChI is InChI=1S/C22H24N6O/c1-16-11-12-23-21(15-16)26-20-9-8-19(27-28-20)24-13-14-25-22(29)10-7-18-6-4-3-5-17(18)2/h3-12,15H,13-14H2,1-2H3,(H,24,27)(H,25,29)(H,23,26,28)/b10-7+. The number of pyridine rings is 1. The summed E-state index contributed by atoms with van der Waals surface area (Å²) in [5.74, 6) is 1.84. The molecule has 0 fully saturated rings. The zero-order valence-corrected chi connectivity index (χ0v) is 16.5. The second-order valence-corrected chi connectivity index (χ2v) is 6.55. The van der Waals surface area contributed by atoms with E-state index in [0.29, 0.717) is 24.7 Å². The van der Waals surface area contributed by atoms with E-state index in [-0.39, 0.29) is 5.91 Å². The first-order valence-corrected chi connectivity index (χ1v) is 9.39. The van der Waals surface area contributed by atoms with Crippen molar-refractivity contribution in [3.63, 3.8) is 0 Å². The van der Waals surface area contributed by atoms with Crippen molar-refractivity contribution in [1.29, 1.82) is 0 Å². The average molecular weight is 388 g/mol. The number of rotatable bonds is 8. The average Bonchev–Trinajstić information content (AvgIpc) is 2.72. The van der Waals surface area contributed by atoms with Gasteiger partial charge in [-0.2, -0.15) is 0 Å². The maximum atomic E-state index is 11.9. The second kappa shape index (κ2) is 9.98. The van der Waals surface area contributed by atoms with E-state index in [9.17, 15) is 4.79 Å². The number of benzene rings is 1. The highest BCUT2D eigenvalue weighted by Gasteiger charge is 2.01. The molecular weight excluding hydrogens is 364 g/mol. The Hall–Kier alpha value is -3.74. The molecule has 148 valence electrons. The van der Waals surface area contributed by atoms with Gasteiger partial charge in [-0.15, -0.1) is 10.2 Å². The van der Waals surface area contributed by atoms with Gasteiger partial charge in [0.05, 0.1) is 0 Å². The largest absolute Gasteiger partial charge is 0.367 e. The highest BCUT2D eigenvalue weighted by molar-refractivity contribution is 5.91. The van der Waals surface area contributed by atoms with E-state index in [1.54, 1.807) is 12.3 Å². The van der Waals surface area contributed by atoms with Crippen molar-refractivity contribution < 1.29 is 4.79 Å². The van der Waals surface area contributed by atoms with Crippen molar-refractivity contribution in [2.45, 2.75) is 13.8 Å². The van der Waals surface area contributed by atoms with Gasteiger partial charge in [0.25, 0.3) is 0 Å². The summed E-state index contributed by atoms with van der Waals surface area (Å²) in [5.41, 5.74) is 3.28. The molecule has 0 unspecified atom stereocenters. The zero-order valence-electron chi connectivity index (χ0n) is 16.5. The summed E-state index contributed by atoms with van der Waals surface area (Å²) in [6.07, 6.45) is 5.10. The lowest BCUT2D eigenvalue weighted by Gasteiger charge is -2.07. The lowest BCUT2D eigenvalue weighted by molar-refractivity contribution is -0.116. The number of aryl methyl sites for hydroxylation is 2. The Kier molecular flexibility index (Phi) is 6.89. The van der Waals surface area contributed by atoms with Gasteiger partial charge in [0, 0.05) is 25.4 Å². The number of nitrogens with zero attached hydrogens (tertiary/aromatic N) is 3. The van der Waals surface area contributed by atoms with Crippen LogP contribution in [-0.4, -0.2) is 34.2 Å². The molecule has 7 nitrogen and oxygen atoms in total. The lowest BCUT2D eigenvalue weighted by atomic mass is 10.1. The summed E-state index contributed by atoms with van der Waals surface area (Å²) in [6, 6.07) is 15.4. The molecule has 0 saturated heterocycles. The number of aromatic nitrogens is 3. The second-order valence-electron chi connectivity index (χ2n) is 6.55. The molecule has 3 N–H and O–H groups in total. The molecule has 2 aromatic heterocycles. The predicted molar refractivity (Wildman–Crippen MR) is 116 cm³/mol. The van der Waals surface area contributed by atoms with Crippen LogP contribution in [0.4, 0.5) is 17.5 Å². The lowest BCUT2D eigenvalue weighted by Crippen LogP contribution is -2.27. The maximum Gasteiger partial charge on any atom is 0.244 e.